The third kappa shape index (κ3) is 4.58. The minimum absolute atomic E-state index is 0.0858. The van der Waals surface area contributed by atoms with Gasteiger partial charge in [0, 0.05) is 5.56 Å². The van der Waals surface area contributed by atoms with E-state index in [-0.39, 0.29) is 5.56 Å². The molecule has 8 heteroatoms. The fourth-order valence-electron chi connectivity index (χ4n) is 3.57. The van der Waals surface area contributed by atoms with Crippen LogP contribution in [-0.2, 0) is 12.3 Å². The quantitative estimate of drug-likeness (QED) is 0.242. The van der Waals surface area contributed by atoms with E-state index in [1.807, 2.05) is 73.7 Å². The number of nitrogens with zero attached hydrogens (tertiary/aromatic N) is 4. The molecule has 0 aliphatic heterocycles. The maximum Gasteiger partial charge on any atom is 0.262 e. The van der Waals surface area contributed by atoms with Gasteiger partial charge >= 0.3 is 0 Å². The number of aromatic nitrogens is 4. The summed E-state index contributed by atoms with van der Waals surface area (Å²) in [6.07, 6.45) is 0. The van der Waals surface area contributed by atoms with Crippen LogP contribution in [-0.4, -0.2) is 26.8 Å². The summed E-state index contributed by atoms with van der Waals surface area (Å²) >= 11 is 1.41. The van der Waals surface area contributed by atoms with Gasteiger partial charge in [-0.1, -0.05) is 58.9 Å². The summed E-state index contributed by atoms with van der Waals surface area (Å²) in [6, 6.07) is 23.0. The van der Waals surface area contributed by atoms with Crippen molar-refractivity contribution in [3.05, 3.63) is 100 Å². The first-order chi connectivity index (χ1) is 16.6. The molecule has 0 aliphatic carbocycles. The summed E-state index contributed by atoms with van der Waals surface area (Å²) in [5.41, 5.74) is 3.58. The maximum absolute atomic E-state index is 13.3. The predicted octanol–water partition coefficient (Wildman–Crippen LogP) is 5.10. The highest BCUT2D eigenvalue weighted by atomic mass is 32.2. The van der Waals surface area contributed by atoms with Gasteiger partial charge in [-0.3, -0.25) is 9.36 Å². The molecule has 34 heavy (non-hydrogen) atoms. The molecular formula is C26H22N4O3S. The van der Waals surface area contributed by atoms with E-state index in [4.69, 9.17) is 14.2 Å². The third-order valence-electron chi connectivity index (χ3n) is 5.42. The van der Waals surface area contributed by atoms with Gasteiger partial charge in [0.05, 0.1) is 30.3 Å². The summed E-state index contributed by atoms with van der Waals surface area (Å²) in [5.74, 6) is 2.20. The second-order valence-corrected chi connectivity index (χ2v) is 8.76. The molecule has 0 aliphatic rings. The van der Waals surface area contributed by atoms with Gasteiger partial charge < -0.3 is 9.26 Å². The Morgan fingerprint density at radius 3 is 2.50 bits per heavy atom. The number of fused-ring (bicyclic) bond motifs is 1. The van der Waals surface area contributed by atoms with Gasteiger partial charge in [-0.25, -0.2) is 4.98 Å². The van der Waals surface area contributed by atoms with Crippen LogP contribution in [0.3, 0.4) is 0 Å². The van der Waals surface area contributed by atoms with Crippen molar-refractivity contribution in [3.63, 3.8) is 0 Å². The van der Waals surface area contributed by atoms with E-state index in [2.05, 4.69) is 10.1 Å². The molecule has 170 valence electrons. The zero-order valence-corrected chi connectivity index (χ0v) is 19.6. The predicted molar refractivity (Wildman–Crippen MR) is 132 cm³/mol. The second kappa shape index (κ2) is 9.52. The first kappa shape index (κ1) is 21.9. The Kier molecular flexibility index (Phi) is 6.14. The molecule has 3 aromatic carbocycles. The standard InChI is InChI=1S/C26H22N4O3S/c1-17-7-11-19(12-8-17)24-28-23(29-33-24)16-34-26-27-22-6-4-3-5-21(22)25(31)30(26)15-18-9-13-20(32-2)14-10-18/h3-14H,15-16H2,1-2H3. The van der Waals surface area contributed by atoms with Crippen molar-refractivity contribution in [3.8, 4) is 17.2 Å². The number of para-hydroxylation sites is 1. The molecule has 0 bridgehead atoms. The van der Waals surface area contributed by atoms with Gasteiger partial charge in [-0.2, -0.15) is 4.98 Å². The first-order valence-electron chi connectivity index (χ1n) is 10.8. The molecule has 0 atom stereocenters. The molecule has 0 spiro atoms. The number of aryl methyl sites for hydroxylation is 1. The van der Waals surface area contributed by atoms with E-state index in [1.54, 1.807) is 17.7 Å². The van der Waals surface area contributed by atoms with Gasteiger partial charge in [0.15, 0.2) is 11.0 Å². The third-order valence-corrected chi connectivity index (χ3v) is 6.40. The Morgan fingerprint density at radius 2 is 1.74 bits per heavy atom. The average molecular weight is 471 g/mol. The monoisotopic (exact) mass is 470 g/mol. The second-order valence-electron chi connectivity index (χ2n) is 7.82. The Morgan fingerprint density at radius 1 is 0.971 bits per heavy atom. The van der Waals surface area contributed by atoms with Crippen molar-refractivity contribution in [1.82, 2.24) is 19.7 Å². The van der Waals surface area contributed by atoms with Crippen molar-refractivity contribution < 1.29 is 9.26 Å². The summed E-state index contributed by atoms with van der Waals surface area (Å²) < 4.78 is 12.4. The Balaban J connectivity index is 1.44. The van der Waals surface area contributed by atoms with Crippen molar-refractivity contribution in [2.24, 2.45) is 0 Å². The topological polar surface area (TPSA) is 83.0 Å². The van der Waals surface area contributed by atoms with Gasteiger partial charge in [0.1, 0.15) is 5.75 Å². The van der Waals surface area contributed by atoms with Crippen LogP contribution >= 0.6 is 11.8 Å². The largest absolute Gasteiger partial charge is 0.497 e. The number of rotatable bonds is 7. The number of hydrogen-bond donors (Lipinski definition) is 0. The SMILES string of the molecule is COc1ccc(Cn2c(SCc3noc(-c4ccc(C)cc4)n3)nc3ccccc3c2=O)cc1. The highest BCUT2D eigenvalue weighted by Gasteiger charge is 2.15. The fourth-order valence-corrected chi connectivity index (χ4v) is 4.41. The van der Waals surface area contributed by atoms with E-state index in [9.17, 15) is 4.79 Å². The molecule has 2 heterocycles. The molecule has 5 rings (SSSR count). The van der Waals surface area contributed by atoms with Crippen LogP contribution in [0, 0.1) is 6.92 Å². The Hall–Kier alpha value is -3.91. The lowest BCUT2D eigenvalue weighted by Gasteiger charge is -2.13. The summed E-state index contributed by atoms with van der Waals surface area (Å²) in [7, 11) is 1.63. The zero-order chi connectivity index (χ0) is 23.5. The van der Waals surface area contributed by atoms with Crippen LogP contribution in [0.1, 0.15) is 17.0 Å². The van der Waals surface area contributed by atoms with E-state index >= 15 is 0 Å². The van der Waals surface area contributed by atoms with Crippen LogP contribution in [0.2, 0.25) is 0 Å². The molecule has 5 aromatic rings. The molecule has 2 aromatic heterocycles. The van der Waals surface area contributed by atoms with Crippen molar-refractivity contribution in [1.29, 1.82) is 0 Å². The highest BCUT2D eigenvalue weighted by molar-refractivity contribution is 7.98. The van der Waals surface area contributed by atoms with Crippen LogP contribution in [0.5, 0.6) is 5.75 Å². The van der Waals surface area contributed by atoms with E-state index in [0.29, 0.717) is 40.1 Å². The van der Waals surface area contributed by atoms with E-state index in [0.717, 1.165) is 22.4 Å². The fraction of sp³-hybridized carbons (Fsp3) is 0.154. The highest BCUT2D eigenvalue weighted by Crippen LogP contribution is 2.24. The minimum Gasteiger partial charge on any atom is -0.497 e. The molecule has 0 radical (unpaired) electrons. The zero-order valence-electron chi connectivity index (χ0n) is 18.8. The lowest BCUT2D eigenvalue weighted by molar-refractivity contribution is 0.414. The lowest BCUT2D eigenvalue weighted by Crippen LogP contribution is -2.24. The van der Waals surface area contributed by atoms with Crippen molar-refractivity contribution in [2.45, 2.75) is 24.4 Å². The molecular weight excluding hydrogens is 448 g/mol. The molecule has 7 nitrogen and oxygen atoms in total. The normalized spacial score (nSPS) is 11.1. The van der Waals surface area contributed by atoms with Crippen LogP contribution in [0.25, 0.3) is 22.4 Å². The average Bonchev–Trinajstić information content (AvgIpc) is 3.34. The Labute approximate surface area is 200 Å². The van der Waals surface area contributed by atoms with Crippen LogP contribution in [0.15, 0.2) is 87.3 Å². The molecule has 0 saturated carbocycles. The maximum atomic E-state index is 13.3. The molecule has 0 fully saturated rings. The summed E-state index contributed by atoms with van der Waals surface area (Å²) in [5, 5.41) is 5.29. The first-order valence-corrected chi connectivity index (χ1v) is 11.7. The minimum atomic E-state index is -0.0858. The molecule has 0 amide bonds. The van der Waals surface area contributed by atoms with Crippen molar-refractivity contribution >= 4 is 22.7 Å². The van der Waals surface area contributed by atoms with E-state index in [1.165, 1.54) is 11.8 Å². The van der Waals surface area contributed by atoms with Gasteiger partial charge in [0.25, 0.3) is 11.4 Å². The number of methoxy groups -OCH3 is 1. The number of ether oxygens (including phenoxy) is 1. The van der Waals surface area contributed by atoms with Gasteiger partial charge in [-0.05, 0) is 48.9 Å². The van der Waals surface area contributed by atoms with Gasteiger partial charge in [0.2, 0.25) is 0 Å². The van der Waals surface area contributed by atoms with Crippen LogP contribution < -0.4 is 10.3 Å². The number of thioether (sulfide) groups is 1. The smallest absolute Gasteiger partial charge is 0.262 e. The summed E-state index contributed by atoms with van der Waals surface area (Å²) in [4.78, 5) is 22.6. The molecule has 0 N–H and O–H groups in total. The molecule has 0 saturated heterocycles. The number of hydrogen-bond acceptors (Lipinski definition) is 7. The van der Waals surface area contributed by atoms with Crippen LogP contribution in [0.4, 0.5) is 0 Å². The lowest BCUT2D eigenvalue weighted by atomic mass is 10.1. The van der Waals surface area contributed by atoms with E-state index < -0.39 is 0 Å². The summed E-state index contributed by atoms with van der Waals surface area (Å²) in [6.45, 7) is 2.42. The Bertz CT molecular complexity index is 1490. The van der Waals surface area contributed by atoms with Gasteiger partial charge in [-0.15, -0.1) is 0 Å². The number of benzene rings is 3. The molecule has 0 unspecified atom stereocenters. The van der Waals surface area contributed by atoms with Crippen molar-refractivity contribution in [2.75, 3.05) is 7.11 Å².